The van der Waals surface area contributed by atoms with Crippen LogP contribution in [-0.2, 0) is 29.2 Å². The fourth-order valence-electron chi connectivity index (χ4n) is 2.57. The molecule has 0 saturated carbocycles. The van der Waals surface area contributed by atoms with E-state index < -0.39 is 70.7 Å². The second kappa shape index (κ2) is 14.4. The molecule has 0 radical (unpaired) electrons. The minimum atomic E-state index is -7.15. The minimum Gasteiger partial charge on any atom is -1.00 e. The molecule has 0 spiro atoms. The molecule has 0 bridgehead atoms. The van der Waals surface area contributed by atoms with E-state index >= 15 is 0 Å². The SMILES string of the molecule is CCCCC(CC)COC(=O)CC(C(=O)OCCC(F)(F)C(F)(F)C(F)(F)C(F)(F)F)S(=O)(=O)O.[H-].[Na+]. The predicted molar refractivity (Wildman–Crippen MR) is 102 cm³/mol. The van der Waals surface area contributed by atoms with Crippen molar-refractivity contribution in [3.8, 4) is 0 Å². The van der Waals surface area contributed by atoms with Crippen molar-refractivity contribution < 1.29 is 103 Å². The summed E-state index contributed by atoms with van der Waals surface area (Å²) >= 11 is 0. The molecular formula is C18H26F9NaO7S. The van der Waals surface area contributed by atoms with Gasteiger partial charge in [-0.3, -0.25) is 14.1 Å². The number of alkyl halides is 9. The number of halogens is 9. The number of ether oxygens (including phenoxy) is 2. The number of esters is 2. The number of unbranched alkanes of at least 4 members (excludes halogenated alkanes) is 1. The van der Waals surface area contributed by atoms with Gasteiger partial charge in [0.15, 0.2) is 5.25 Å². The summed E-state index contributed by atoms with van der Waals surface area (Å²) in [6, 6.07) is 0. The molecule has 0 aliphatic rings. The van der Waals surface area contributed by atoms with Crippen molar-refractivity contribution in [1.82, 2.24) is 0 Å². The second-order valence-electron chi connectivity index (χ2n) is 7.58. The molecule has 0 aromatic heterocycles. The fraction of sp³-hybridized carbons (Fsp3) is 0.889. The molecule has 0 aliphatic heterocycles. The molecule has 0 heterocycles. The zero-order chi connectivity index (χ0) is 27.9. The summed E-state index contributed by atoms with van der Waals surface area (Å²) in [5.41, 5.74) is 0. The van der Waals surface area contributed by atoms with Crippen LogP contribution in [-0.4, -0.2) is 67.3 Å². The van der Waals surface area contributed by atoms with Crippen LogP contribution in [0.15, 0.2) is 0 Å². The number of carbonyl (C=O) groups is 2. The van der Waals surface area contributed by atoms with E-state index in [4.69, 9.17) is 9.29 Å². The van der Waals surface area contributed by atoms with Crippen molar-refractivity contribution in [2.45, 2.75) is 81.6 Å². The van der Waals surface area contributed by atoms with Crippen molar-refractivity contribution in [2.75, 3.05) is 13.2 Å². The average molecular weight is 580 g/mol. The fourth-order valence-corrected chi connectivity index (χ4v) is 3.22. The number of hydrogen-bond acceptors (Lipinski definition) is 6. The van der Waals surface area contributed by atoms with E-state index in [2.05, 4.69) is 4.74 Å². The van der Waals surface area contributed by atoms with Crippen LogP contribution in [0.2, 0.25) is 0 Å². The molecule has 0 aromatic rings. The minimum absolute atomic E-state index is 0. The Labute approximate surface area is 225 Å². The molecule has 2 unspecified atom stereocenters. The molecule has 0 aromatic carbocycles. The van der Waals surface area contributed by atoms with Gasteiger partial charge in [-0.2, -0.15) is 47.9 Å². The quantitative estimate of drug-likeness (QED) is 0.137. The van der Waals surface area contributed by atoms with Gasteiger partial charge in [0.1, 0.15) is 0 Å². The van der Waals surface area contributed by atoms with Gasteiger partial charge >= 0.3 is 65.4 Å². The maximum Gasteiger partial charge on any atom is 1.00 e. The predicted octanol–water partition coefficient (Wildman–Crippen LogP) is 1.91. The Balaban J connectivity index is -0.00000578. The van der Waals surface area contributed by atoms with Gasteiger partial charge in [0.25, 0.3) is 10.1 Å². The van der Waals surface area contributed by atoms with E-state index in [1.54, 1.807) is 6.92 Å². The Morgan fingerprint density at radius 2 is 1.47 bits per heavy atom. The van der Waals surface area contributed by atoms with Gasteiger partial charge < -0.3 is 10.9 Å². The first-order chi connectivity index (χ1) is 15.7. The summed E-state index contributed by atoms with van der Waals surface area (Å²) in [5, 5.41) is -2.75. The first kappa shape index (κ1) is 37.4. The maximum absolute atomic E-state index is 13.5. The third-order valence-electron chi connectivity index (χ3n) is 4.87. The third-order valence-corrected chi connectivity index (χ3v) is 5.95. The molecule has 210 valence electrons. The molecule has 18 heteroatoms. The van der Waals surface area contributed by atoms with Gasteiger partial charge in [-0.1, -0.05) is 33.1 Å². The Hall–Kier alpha value is -0.780. The Bertz CT molecular complexity index is 827. The topological polar surface area (TPSA) is 107 Å². The van der Waals surface area contributed by atoms with Crippen LogP contribution in [0.3, 0.4) is 0 Å². The smallest absolute Gasteiger partial charge is 1.00 e. The number of rotatable bonds is 15. The van der Waals surface area contributed by atoms with E-state index in [1.165, 1.54) is 0 Å². The van der Waals surface area contributed by atoms with Gasteiger partial charge in [0, 0.05) is 0 Å². The van der Waals surface area contributed by atoms with Crippen LogP contribution in [0.25, 0.3) is 0 Å². The summed E-state index contributed by atoms with van der Waals surface area (Å²) in [6.07, 6.45) is -8.15. The van der Waals surface area contributed by atoms with Crippen molar-refractivity contribution in [1.29, 1.82) is 0 Å². The summed E-state index contributed by atoms with van der Waals surface area (Å²) in [6.45, 7) is 1.54. The van der Waals surface area contributed by atoms with Gasteiger partial charge in [0.05, 0.1) is 26.1 Å². The van der Waals surface area contributed by atoms with Crippen molar-refractivity contribution >= 4 is 22.1 Å². The van der Waals surface area contributed by atoms with Crippen molar-refractivity contribution in [2.24, 2.45) is 5.92 Å². The van der Waals surface area contributed by atoms with E-state index in [0.717, 1.165) is 12.8 Å². The van der Waals surface area contributed by atoms with Crippen molar-refractivity contribution in [3.63, 3.8) is 0 Å². The van der Waals surface area contributed by atoms with E-state index in [-0.39, 0.29) is 43.5 Å². The zero-order valence-electron chi connectivity index (χ0n) is 20.5. The molecule has 36 heavy (non-hydrogen) atoms. The van der Waals surface area contributed by atoms with Gasteiger partial charge in [-0.05, 0) is 12.3 Å². The molecule has 7 nitrogen and oxygen atoms in total. The molecule has 0 saturated heterocycles. The Morgan fingerprint density at radius 1 is 0.944 bits per heavy atom. The molecule has 1 N–H and O–H groups in total. The Morgan fingerprint density at radius 3 is 1.89 bits per heavy atom. The normalized spacial score (nSPS) is 15.0. The van der Waals surface area contributed by atoms with Gasteiger partial charge in [-0.15, -0.1) is 0 Å². The van der Waals surface area contributed by atoms with Gasteiger partial charge in [0.2, 0.25) is 0 Å². The first-order valence-corrected chi connectivity index (χ1v) is 11.6. The second-order valence-corrected chi connectivity index (χ2v) is 9.17. The molecule has 2 atom stereocenters. The van der Waals surface area contributed by atoms with Crippen molar-refractivity contribution in [3.05, 3.63) is 0 Å². The molecule has 0 rings (SSSR count). The van der Waals surface area contributed by atoms with E-state index in [0.29, 0.717) is 12.8 Å². The van der Waals surface area contributed by atoms with Gasteiger partial charge in [-0.25, -0.2) is 0 Å². The van der Waals surface area contributed by atoms with Crippen LogP contribution in [0.4, 0.5) is 39.5 Å². The van der Waals surface area contributed by atoms with Crippen LogP contribution < -0.4 is 29.6 Å². The molecule has 0 fully saturated rings. The largest absolute Gasteiger partial charge is 1.00 e. The summed E-state index contributed by atoms with van der Waals surface area (Å²) in [5.74, 6) is -23.7. The number of carbonyl (C=O) groups excluding carboxylic acids is 2. The Kier molecular flexibility index (Phi) is 14.9. The van der Waals surface area contributed by atoms with E-state index in [1.807, 2.05) is 6.92 Å². The zero-order valence-corrected chi connectivity index (χ0v) is 22.3. The molecular weight excluding hydrogens is 554 g/mol. The number of hydrogen-bond donors (Lipinski definition) is 1. The summed E-state index contributed by atoms with van der Waals surface area (Å²) < 4.78 is 156. The first-order valence-electron chi connectivity index (χ1n) is 10.1. The van der Waals surface area contributed by atoms with Crippen LogP contribution in [0.1, 0.15) is 53.8 Å². The van der Waals surface area contributed by atoms with E-state index in [9.17, 15) is 57.5 Å². The molecule has 0 aliphatic carbocycles. The standard InChI is InChI=1S/C18H25F9O7S.Na.H/c1-3-5-6-11(4-2)10-34-13(28)9-12(35(30,31)32)14(29)33-8-7-15(19,20)16(21,22)17(23,24)18(25,26)27;;/h11-12H,3-10H2,1-2H3,(H,30,31,32);;/q;+1;-1. The van der Waals surface area contributed by atoms with Crippen LogP contribution in [0.5, 0.6) is 0 Å². The third kappa shape index (κ3) is 10.2. The monoisotopic (exact) mass is 580 g/mol. The van der Waals surface area contributed by atoms with Crippen LogP contribution >= 0.6 is 0 Å². The summed E-state index contributed by atoms with van der Waals surface area (Å²) in [4.78, 5) is 23.7. The average Bonchev–Trinajstić information content (AvgIpc) is 2.69. The summed E-state index contributed by atoms with van der Waals surface area (Å²) in [7, 11) is -5.43. The molecule has 0 amide bonds. The maximum atomic E-state index is 13.5. The van der Waals surface area contributed by atoms with Crippen LogP contribution in [0, 0.1) is 5.92 Å².